The summed E-state index contributed by atoms with van der Waals surface area (Å²) in [6, 6.07) is 2.47. The molecule has 2 saturated carbocycles. The molecule has 2 aliphatic carbocycles. The van der Waals surface area contributed by atoms with Crippen LogP contribution >= 0.6 is 0 Å². The van der Waals surface area contributed by atoms with Gasteiger partial charge in [-0.25, -0.2) is 0 Å². The smallest absolute Gasteiger partial charge is 0.0655 e. The van der Waals surface area contributed by atoms with Crippen LogP contribution in [0.25, 0.3) is 0 Å². The van der Waals surface area contributed by atoms with E-state index in [-0.39, 0.29) is 0 Å². The van der Waals surface area contributed by atoms with Gasteiger partial charge in [-0.1, -0.05) is 27.2 Å². The van der Waals surface area contributed by atoms with Crippen LogP contribution in [0, 0.1) is 46.8 Å². The fraction of sp³-hybridized carbons (Fsp3) is 0.947. The van der Waals surface area contributed by atoms with Gasteiger partial charge in [0.15, 0.2) is 0 Å². The second-order valence-corrected chi connectivity index (χ2v) is 7.66. The van der Waals surface area contributed by atoms with Crippen LogP contribution in [0.1, 0.15) is 78.6 Å². The van der Waals surface area contributed by atoms with E-state index in [1.165, 1.54) is 57.8 Å². The van der Waals surface area contributed by atoms with Crippen molar-refractivity contribution in [2.45, 2.75) is 78.6 Å². The molecule has 0 amide bonds. The van der Waals surface area contributed by atoms with Crippen molar-refractivity contribution in [1.82, 2.24) is 0 Å². The molecule has 114 valence electrons. The molecule has 2 unspecified atom stereocenters. The minimum Gasteiger partial charge on any atom is -0.198 e. The Labute approximate surface area is 126 Å². The molecule has 0 aliphatic heterocycles. The molecule has 2 atom stereocenters. The third kappa shape index (κ3) is 3.78. The van der Waals surface area contributed by atoms with Crippen LogP contribution in [0.5, 0.6) is 0 Å². The zero-order valence-electron chi connectivity index (χ0n) is 13.8. The van der Waals surface area contributed by atoms with Gasteiger partial charge < -0.3 is 0 Å². The van der Waals surface area contributed by atoms with Crippen LogP contribution in [-0.4, -0.2) is 0 Å². The first-order valence-electron chi connectivity index (χ1n) is 9.05. The number of hydrogen-bond acceptors (Lipinski definition) is 1. The van der Waals surface area contributed by atoms with Crippen molar-refractivity contribution < 1.29 is 0 Å². The lowest BCUT2D eigenvalue weighted by molar-refractivity contribution is 0.119. The summed E-state index contributed by atoms with van der Waals surface area (Å²) in [6.07, 6.45) is 12.2. The fourth-order valence-electron chi connectivity index (χ4n) is 4.70. The van der Waals surface area contributed by atoms with Gasteiger partial charge in [0.2, 0.25) is 0 Å². The average Bonchev–Trinajstić information content (AvgIpc) is 2.53. The lowest BCUT2D eigenvalue weighted by Gasteiger charge is -2.39. The van der Waals surface area contributed by atoms with E-state index in [1.807, 2.05) is 0 Å². The first kappa shape index (κ1) is 15.9. The second-order valence-electron chi connectivity index (χ2n) is 7.66. The summed E-state index contributed by atoms with van der Waals surface area (Å²) < 4.78 is 0. The SMILES string of the molecule is CCC(C)C(C)C1CCC(C2CCC(C#N)CC2)CC1. The highest BCUT2D eigenvalue weighted by molar-refractivity contribution is 4.90. The number of nitriles is 1. The molecular formula is C19H33N. The van der Waals surface area contributed by atoms with Crippen molar-refractivity contribution in [2.75, 3.05) is 0 Å². The average molecular weight is 275 g/mol. The first-order valence-corrected chi connectivity index (χ1v) is 9.05. The minimum absolute atomic E-state index is 0.369. The Hall–Kier alpha value is -0.510. The summed E-state index contributed by atoms with van der Waals surface area (Å²) in [4.78, 5) is 0. The van der Waals surface area contributed by atoms with Gasteiger partial charge in [-0.3, -0.25) is 0 Å². The zero-order chi connectivity index (χ0) is 14.5. The maximum Gasteiger partial charge on any atom is 0.0655 e. The number of nitrogens with zero attached hydrogens (tertiary/aromatic N) is 1. The van der Waals surface area contributed by atoms with Gasteiger partial charge in [-0.05, 0) is 81.0 Å². The van der Waals surface area contributed by atoms with Crippen molar-refractivity contribution in [1.29, 1.82) is 5.26 Å². The van der Waals surface area contributed by atoms with Gasteiger partial charge >= 0.3 is 0 Å². The predicted octanol–water partition coefficient (Wildman–Crippen LogP) is 5.80. The van der Waals surface area contributed by atoms with Crippen molar-refractivity contribution in [3.05, 3.63) is 0 Å². The monoisotopic (exact) mass is 275 g/mol. The maximum atomic E-state index is 9.01. The van der Waals surface area contributed by atoms with Crippen LogP contribution in [-0.2, 0) is 0 Å². The van der Waals surface area contributed by atoms with E-state index in [9.17, 15) is 0 Å². The summed E-state index contributed by atoms with van der Waals surface area (Å²) in [5.74, 6) is 5.08. The van der Waals surface area contributed by atoms with E-state index in [2.05, 4.69) is 26.8 Å². The molecule has 0 radical (unpaired) electrons. The van der Waals surface area contributed by atoms with Crippen LogP contribution in [0.15, 0.2) is 0 Å². The Morgan fingerprint density at radius 1 is 0.900 bits per heavy atom. The molecule has 0 aromatic rings. The van der Waals surface area contributed by atoms with Crippen LogP contribution < -0.4 is 0 Å². The molecule has 2 fully saturated rings. The van der Waals surface area contributed by atoms with Gasteiger partial charge in [-0.15, -0.1) is 0 Å². The van der Waals surface area contributed by atoms with Gasteiger partial charge in [-0.2, -0.15) is 5.26 Å². The highest BCUT2D eigenvalue weighted by Gasteiger charge is 2.33. The summed E-state index contributed by atoms with van der Waals surface area (Å²) in [5.41, 5.74) is 0. The molecule has 0 bridgehead atoms. The summed E-state index contributed by atoms with van der Waals surface area (Å²) in [5, 5.41) is 9.01. The largest absolute Gasteiger partial charge is 0.198 e. The molecule has 0 aromatic heterocycles. The third-order valence-corrected chi connectivity index (χ3v) is 6.72. The predicted molar refractivity (Wildman–Crippen MR) is 85.1 cm³/mol. The quantitative estimate of drug-likeness (QED) is 0.635. The molecule has 0 aromatic carbocycles. The number of hydrogen-bond donors (Lipinski definition) is 0. The van der Waals surface area contributed by atoms with Crippen molar-refractivity contribution in [3.63, 3.8) is 0 Å². The molecule has 2 rings (SSSR count). The lowest BCUT2D eigenvalue weighted by Crippen LogP contribution is -2.29. The van der Waals surface area contributed by atoms with Crippen LogP contribution in [0.4, 0.5) is 0 Å². The highest BCUT2D eigenvalue weighted by Crippen LogP contribution is 2.43. The second kappa shape index (κ2) is 7.48. The van der Waals surface area contributed by atoms with Crippen molar-refractivity contribution >= 4 is 0 Å². The van der Waals surface area contributed by atoms with Crippen LogP contribution in [0.2, 0.25) is 0 Å². The molecule has 1 heteroatoms. The van der Waals surface area contributed by atoms with E-state index in [4.69, 9.17) is 5.26 Å². The van der Waals surface area contributed by atoms with E-state index < -0.39 is 0 Å². The Morgan fingerprint density at radius 3 is 1.85 bits per heavy atom. The van der Waals surface area contributed by atoms with E-state index >= 15 is 0 Å². The number of rotatable bonds is 4. The molecule has 1 nitrogen and oxygen atoms in total. The Balaban J connectivity index is 1.76. The molecule has 2 aliphatic rings. The van der Waals surface area contributed by atoms with Crippen molar-refractivity contribution in [3.8, 4) is 6.07 Å². The van der Waals surface area contributed by atoms with Gasteiger partial charge in [0, 0.05) is 5.92 Å². The molecule has 0 saturated heterocycles. The Morgan fingerprint density at radius 2 is 1.40 bits per heavy atom. The molecule has 0 N–H and O–H groups in total. The van der Waals surface area contributed by atoms with Crippen LogP contribution in [0.3, 0.4) is 0 Å². The lowest BCUT2D eigenvalue weighted by atomic mass is 9.66. The normalized spacial score (nSPS) is 37.9. The zero-order valence-corrected chi connectivity index (χ0v) is 13.8. The Kier molecular flexibility index (Phi) is 5.94. The summed E-state index contributed by atoms with van der Waals surface area (Å²) in [6.45, 7) is 7.25. The van der Waals surface area contributed by atoms with E-state index in [0.29, 0.717) is 5.92 Å². The molecule has 20 heavy (non-hydrogen) atoms. The highest BCUT2D eigenvalue weighted by atomic mass is 14.4. The summed E-state index contributed by atoms with van der Waals surface area (Å²) >= 11 is 0. The first-order chi connectivity index (χ1) is 9.65. The van der Waals surface area contributed by atoms with E-state index in [0.717, 1.165) is 29.6 Å². The van der Waals surface area contributed by atoms with Gasteiger partial charge in [0.25, 0.3) is 0 Å². The topological polar surface area (TPSA) is 23.8 Å². The summed E-state index contributed by atoms with van der Waals surface area (Å²) in [7, 11) is 0. The van der Waals surface area contributed by atoms with Crippen molar-refractivity contribution in [2.24, 2.45) is 35.5 Å². The minimum atomic E-state index is 0.369. The standard InChI is InChI=1S/C19H33N/c1-4-14(2)15(3)17-9-11-19(12-10-17)18-7-5-16(13-20)6-8-18/h14-19H,4-12H2,1-3H3. The van der Waals surface area contributed by atoms with Gasteiger partial charge in [0.05, 0.1) is 6.07 Å². The molecular weight excluding hydrogens is 242 g/mol. The van der Waals surface area contributed by atoms with E-state index in [1.54, 1.807) is 0 Å². The molecule has 0 spiro atoms. The Bertz CT molecular complexity index is 313. The fourth-order valence-corrected chi connectivity index (χ4v) is 4.70. The third-order valence-electron chi connectivity index (χ3n) is 6.72. The maximum absolute atomic E-state index is 9.01. The molecule has 0 heterocycles. The van der Waals surface area contributed by atoms with Gasteiger partial charge in [0.1, 0.15) is 0 Å².